The highest BCUT2D eigenvalue weighted by Crippen LogP contribution is 2.22. The van der Waals surface area contributed by atoms with E-state index >= 15 is 0 Å². The summed E-state index contributed by atoms with van der Waals surface area (Å²) in [7, 11) is 0. The molecule has 5 heteroatoms. The van der Waals surface area contributed by atoms with Crippen molar-refractivity contribution in [3.63, 3.8) is 0 Å². The molecule has 1 fully saturated rings. The van der Waals surface area contributed by atoms with Gasteiger partial charge in [-0.2, -0.15) is 0 Å². The lowest BCUT2D eigenvalue weighted by atomic mass is 10.0. The minimum Gasteiger partial charge on any atom is -0.494 e. The first-order valence-corrected chi connectivity index (χ1v) is 10.5. The molecule has 0 saturated carbocycles. The number of aryl methyl sites for hydroxylation is 2. The van der Waals surface area contributed by atoms with Crippen LogP contribution >= 0.6 is 0 Å². The van der Waals surface area contributed by atoms with E-state index in [2.05, 4.69) is 41.4 Å². The topological polar surface area (TPSA) is 50.8 Å². The van der Waals surface area contributed by atoms with Gasteiger partial charge in [0.2, 0.25) is 5.91 Å². The number of hydrogen-bond donors (Lipinski definition) is 1. The summed E-state index contributed by atoms with van der Waals surface area (Å²) in [6.45, 7) is 8.62. The van der Waals surface area contributed by atoms with Crippen LogP contribution in [0.5, 0.6) is 5.75 Å². The van der Waals surface area contributed by atoms with Gasteiger partial charge in [0.05, 0.1) is 25.9 Å². The molecule has 156 valence electrons. The summed E-state index contributed by atoms with van der Waals surface area (Å²) in [5, 5.41) is 3.15. The molecular weight excluding hydrogens is 364 g/mol. The van der Waals surface area contributed by atoms with Crippen molar-refractivity contribution in [2.24, 2.45) is 0 Å². The summed E-state index contributed by atoms with van der Waals surface area (Å²) in [6.07, 6.45) is 1.21. The van der Waals surface area contributed by atoms with Crippen LogP contribution in [0.3, 0.4) is 0 Å². The molecule has 3 rings (SSSR count). The van der Waals surface area contributed by atoms with Gasteiger partial charge in [0.25, 0.3) is 0 Å². The Morgan fingerprint density at radius 2 is 1.93 bits per heavy atom. The second kappa shape index (κ2) is 11.0. The lowest BCUT2D eigenvalue weighted by Gasteiger charge is -2.35. The highest BCUT2D eigenvalue weighted by molar-refractivity contribution is 5.76. The first kappa shape index (κ1) is 21.3. The van der Waals surface area contributed by atoms with Crippen LogP contribution in [0.15, 0.2) is 48.5 Å². The number of carbonyl (C=O) groups excluding carboxylic acids is 1. The van der Waals surface area contributed by atoms with E-state index in [1.54, 1.807) is 0 Å². The Labute approximate surface area is 174 Å². The van der Waals surface area contributed by atoms with Crippen molar-refractivity contribution >= 4 is 5.91 Å². The van der Waals surface area contributed by atoms with Crippen molar-refractivity contribution in [2.75, 3.05) is 39.5 Å². The third-order valence-electron chi connectivity index (χ3n) is 5.28. The Morgan fingerprint density at radius 3 is 2.62 bits per heavy atom. The molecule has 5 nitrogen and oxygen atoms in total. The maximum Gasteiger partial charge on any atom is 0.220 e. The van der Waals surface area contributed by atoms with Crippen molar-refractivity contribution in [1.29, 1.82) is 0 Å². The van der Waals surface area contributed by atoms with Gasteiger partial charge in [0.15, 0.2) is 0 Å². The minimum atomic E-state index is 0.0878. The van der Waals surface area contributed by atoms with Crippen LogP contribution in [0, 0.1) is 6.92 Å². The maximum atomic E-state index is 12.5. The van der Waals surface area contributed by atoms with Gasteiger partial charge < -0.3 is 14.8 Å². The van der Waals surface area contributed by atoms with Crippen molar-refractivity contribution in [2.45, 2.75) is 32.7 Å². The Morgan fingerprint density at radius 1 is 1.17 bits per heavy atom. The fraction of sp³-hybridized carbons (Fsp3) is 0.458. The molecule has 1 heterocycles. The second-order valence-electron chi connectivity index (χ2n) is 7.46. The van der Waals surface area contributed by atoms with Crippen molar-refractivity contribution in [3.8, 4) is 5.75 Å². The van der Waals surface area contributed by atoms with E-state index in [1.165, 1.54) is 11.1 Å². The van der Waals surface area contributed by atoms with E-state index in [0.717, 1.165) is 44.0 Å². The molecule has 1 N–H and O–H groups in total. The summed E-state index contributed by atoms with van der Waals surface area (Å²) in [6, 6.07) is 16.7. The first-order valence-electron chi connectivity index (χ1n) is 10.5. The Bertz CT molecular complexity index is 770. The monoisotopic (exact) mass is 396 g/mol. The minimum absolute atomic E-state index is 0.0878. The molecular formula is C24H32N2O3. The zero-order valence-electron chi connectivity index (χ0n) is 17.5. The van der Waals surface area contributed by atoms with Gasteiger partial charge in [-0.05, 0) is 43.5 Å². The van der Waals surface area contributed by atoms with E-state index in [9.17, 15) is 4.79 Å². The molecule has 1 unspecified atom stereocenters. The average Bonchev–Trinajstić information content (AvgIpc) is 2.74. The predicted molar refractivity (Wildman–Crippen MR) is 115 cm³/mol. The molecule has 1 aliphatic rings. The zero-order valence-corrected chi connectivity index (χ0v) is 17.5. The number of morpholine rings is 1. The standard InChI is InChI=1S/C24H32N2O3/c1-3-29-22-10-7-20(8-11-22)9-12-24(27)25-18-23(26-13-15-28-16-14-26)21-6-4-5-19(2)17-21/h4-8,10-11,17,23H,3,9,12-16,18H2,1-2H3,(H,25,27). The number of nitrogens with one attached hydrogen (secondary N) is 1. The fourth-order valence-electron chi connectivity index (χ4n) is 3.70. The van der Waals surface area contributed by atoms with Crippen molar-refractivity contribution < 1.29 is 14.3 Å². The fourth-order valence-corrected chi connectivity index (χ4v) is 3.70. The van der Waals surface area contributed by atoms with Crippen LogP contribution in [0.4, 0.5) is 0 Å². The quantitative estimate of drug-likeness (QED) is 0.705. The van der Waals surface area contributed by atoms with Gasteiger partial charge in [0.1, 0.15) is 5.75 Å². The van der Waals surface area contributed by atoms with Crippen LogP contribution < -0.4 is 10.1 Å². The maximum absolute atomic E-state index is 12.5. The number of carbonyl (C=O) groups is 1. The second-order valence-corrected chi connectivity index (χ2v) is 7.46. The van der Waals surface area contributed by atoms with Gasteiger partial charge in [-0.3, -0.25) is 9.69 Å². The third-order valence-corrected chi connectivity index (χ3v) is 5.28. The van der Waals surface area contributed by atoms with Gasteiger partial charge in [-0.15, -0.1) is 0 Å². The summed E-state index contributed by atoms with van der Waals surface area (Å²) < 4.78 is 11.0. The number of hydrogen-bond acceptors (Lipinski definition) is 4. The van der Waals surface area contributed by atoms with Crippen molar-refractivity contribution in [3.05, 3.63) is 65.2 Å². The highest BCUT2D eigenvalue weighted by atomic mass is 16.5. The third kappa shape index (κ3) is 6.58. The summed E-state index contributed by atoms with van der Waals surface area (Å²) in [5.74, 6) is 0.956. The predicted octanol–water partition coefficient (Wildman–Crippen LogP) is 3.52. The average molecular weight is 397 g/mol. The number of ether oxygens (including phenoxy) is 2. The molecule has 2 aromatic carbocycles. The van der Waals surface area contributed by atoms with E-state index < -0.39 is 0 Å². The van der Waals surface area contributed by atoms with Gasteiger partial charge in [0, 0.05) is 26.1 Å². The molecule has 1 saturated heterocycles. The van der Waals surface area contributed by atoms with E-state index in [4.69, 9.17) is 9.47 Å². The first-order chi connectivity index (χ1) is 14.2. The zero-order chi connectivity index (χ0) is 20.5. The molecule has 0 bridgehead atoms. The van der Waals surface area contributed by atoms with Crippen LogP contribution in [0.25, 0.3) is 0 Å². The molecule has 0 aromatic heterocycles. The van der Waals surface area contributed by atoms with Gasteiger partial charge >= 0.3 is 0 Å². The molecule has 2 aromatic rings. The molecule has 0 radical (unpaired) electrons. The van der Waals surface area contributed by atoms with E-state index in [0.29, 0.717) is 19.6 Å². The molecule has 0 aliphatic carbocycles. The van der Waals surface area contributed by atoms with Crippen LogP contribution in [0.2, 0.25) is 0 Å². The molecule has 29 heavy (non-hydrogen) atoms. The van der Waals surface area contributed by atoms with E-state index in [-0.39, 0.29) is 11.9 Å². The summed E-state index contributed by atoms with van der Waals surface area (Å²) in [4.78, 5) is 14.9. The van der Waals surface area contributed by atoms with Crippen molar-refractivity contribution in [1.82, 2.24) is 10.2 Å². The number of rotatable bonds is 9. The number of nitrogens with zero attached hydrogens (tertiary/aromatic N) is 1. The Kier molecular flexibility index (Phi) is 8.08. The Hall–Kier alpha value is -2.37. The number of benzene rings is 2. The SMILES string of the molecule is CCOc1ccc(CCC(=O)NCC(c2cccc(C)c2)N2CCOCC2)cc1. The van der Waals surface area contributed by atoms with Gasteiger partial charge in [-0.1, -0.05) is 42.0 Å². The highest BCUT2D eigenvalue weighted by Gasteiger charge is 2.23. The Balaban J connectivity index is 1.54. The molecule has 1 aliphatic heterocycles. The summed E-state index contributed by atoms with van der Waals surface area (Å²) >= 11 is 0. The molecule has 1 atom stereocenters. The normalized spacial score (nSPS) is 15.7. The van der Waals surface area contributed by atoms with Gasteiger partial charge in [-0.25, -0.2) is 0 Å². The largest absolute Gasteiger partial charge is 0.494 e. The smallest absolute Gasteiger partial charge is 0.220 e. The molecule has 1 amide bonds. The number of amides is 1. The lowest BCUT2D eigenvalue weighted by molar-refractivity contribution is -0.121. The van der Waals surface area contributed by atoms with Crippen LogP contribution in [-0.2, 0) is 16.0 Å². The van der Waals surface area contributed by atoms with Crippen LogP contribution in [-0.4, -0.2) is 50.3 Å². The lowest BCUT2D eigenvalue weighted by Crippen LogP contribution is -2.43. The molecule has 0 spiro atoms. The summed E-state index contributed by atoms with van der Waals surface area (Å²) in [5.41, 5.74) is 3.63. The van der Waals surface area contributed by atoms with E-state index in [1.807, 2.05) is 31.2 Å². The van der Waals surface area contributed by atoms with Crippen LogP contribution in [0.1, 0.15) is 36.1 Å².